The largest absolute Gasteiger partial charge is 4.00 e. The van der Waals surface area contributed by atoms with Gasteiger partial charge in [0.1, 0.15) is 0 Å². The average molecular weight is 589 g/mol. The minimum absolute atomic E-state index is 0. The van der Waals surface area contributed by atoms with Gasteiger partial charge in [-0.1, -0.05) is 76.4 Å². The van der Waals surface area contributed by atoms with E-state index in [1.54, 1.807) is 0 Å². The van der Waals surface area contributed by atoms with Gasteiger partial charge in [-0.05, 0) is 5.30 Å². The van der Waals surface area contributed by atoms with E-state index in [4.69, 9.17) is 0 Å². The molecule has 0 saturated carbocycles. The first-order chi connectivity index (χ1) is 12.8. The minimum Gasteiger partial charge on any atom is -1.00 e. The molecule has 1 atom stereocenters. The topological polar surface area (TPSA) is 0 Å². The van der Waals surface area contributed by atoms with Crippen molar-refractivity contribution in [2.45, 2.75) is 41.5 Å². The Labute approximate surface area is 200 Å². The molecule has 1 unspecified atom stereocenters. The zero-order valence-corrected chi connectivity index (χ0v) is 23.1. The maximum absolute atomic E-state index is 3.44. The van der Waals surface area contributed by atoms with Crippen molar-refractivity contribution in [3.8, 4) is 0 Å². The van der Waals surface area contributed by atoms with Gasteiger partial charge in [-0.15, -0.1) is 61.4 Å². The number of rotatable bonds is 2. The zero-order chi connectivity index (χ0) is 19.6. The molecule has 30 heavy (non-hydrogen) atoms. The van der Waals surface area contributed by atoms with Crippen LogP contribution in [0.15, 0.2) is 77.4 Å². The molecule has 156 valence electrons. The van der Waals surface area contributed by atoms with Crippen molar-refractivity contribution in [3.63, 3.8) is 0 Å². The van der Waals surface area contributed by atoms with E-state index in [1.807, 2.05) is 0 Å². The molecule has 3 aromatic rings. The van der Waals surface area contributed by atoms with Gasteiger partial charge in [0.2, 0.25) is 0 Å². The maximum atomic E-state index is 3.44. The molecule has 0 amide bonds. The Balaban J connectivity index is 0.000000569. The Morgan fingerprint density at radius 3 is 1.90 bits per heavy atom. The maximum Gasteiger partial charge on any atom is 4.00 e. The van der Waals surface area contributed by atoms with Crippen molar-refractivity contribution < 1.29 is 35.3 Å². The normalized spacial score (nSPS) is 14.4. The van der Waals surface area contributed by atoms with Crippen LogP contribution in [-0.2, 0) is 25.8 Å². The quantitative estimate of drug-likeness (QED) is 0.234. The summed E-state index contributed by atoms with van der Waals surface area (Å²) in [6, 6.07) is 21.7. The van der Waals surface area contributed by atoms with Crippen LogP contribution in [0.4, 0.5) is 0 Å². The summed E-state index contributed by atoms with van der Waals surface area (Å²) < 4.78 is 0. The number of halogens is 2. The Morgan fingerprint density at radius 1 is 0.833 bits per heavy atom. The smallest absolute Gasteiger partial charge is 1.00 e. The van der Waals surface area contributed by atoms with E-state index in [9.17, 15) is 0 Å². The standard InChI is InChI=1S/C16H14P.C10H15.2FH.Hf/c1-12-11-13-7-5-6-10-15(13)16(12)17-14-8-3-2-4-9-14;1-7-6-10(4,5)9(3)8(7)2;;;/h2-11,17H,1H3;1-5H3;2*1H;/q2*-1;;;+4/p-2. The van der Waals surface area contributed by atoms with Gasteiger partial charge in [-0.3, -0.25) is 6.08 Å². The average Bonchev–Trinajstić information content (AvgIpc) is 3.05. The zero-order valence-electron chi connectivity index (χ0n) is 18.5. The number of aryl methyl sites for hydroxylation is 1. The summed E-state index contributed by atoms with van der Waals surface area (Å²) in [4.78, 5) is 0. The Kier molecular flexibility index (Phi) is 11.4. The summed E-state index contributed by atoms with van der Waals surface area (Å²) >= 11 is 0. The van der Waals surface area contributed by atoms with Crippen LogP contribution in [0.5, 0.6) is 0 Å². The fourth-order valence-corrected chi connectivity index (χ4v) is 4.89. The molecule has 0 nitrogen and oxygen atoms in total. The molecule has 4 heteroatoms. The molecule has 4 rings (SSSR count). The number of hydrogen-bond donors (Lipinski definition) is 0. The van der Waals surface area contributed by atoms with E-state index < -0.39 is 0 Å². The van der Waals surface area contributed by atoms with Gasteiger partial charge in [-0.2, -0.15) is 11.1 Å². The summed E-state index contributed by atoms with van der Waals surface area (Å²) in [7, 11) is 0.754. The van der Waals surface area contributed by atoms with E-state index in [1.165, 1.54) is 43.7 Å². The molecule has 0 radical (unpaired) electrons. The summed E-state index contributed by atoms with van der Waals surface area (Å²) in [5.41, 5.74) is 5.81. The molecule has 0 saturated heterocycles. The van der Waals surface area contributed by atoms with Crippen molar-refractivity contribution in [2.24, 2.45) is 5.41 Å². The molecule has 1 aliphatic rings. The van der Waals surface area contributed by atoms with E-state index in [0.29, 0.717) is 0 Å². The molecule has 1 aliphatic carbocycles. The van der Waals surface area contributed by atoms with Crippen LogP contribution >= 0.6 is 8.58 Å². The van der Waals surface area contributed by atoms with Crippen molar-refractivity contribution in [1.82, 2.24) is 0 Å². The van der Waals surface area contributed by atoms with Gasteiger partial charge >= 0.3 is 25.8 Å². The van der Waals surface area contributed by atoms with Crippen LogP contribution in [0.1, 0.15) is 40.2 Å². The summed E-state index contributed by atoms with van der Waals surface area (Å²) in [5.74, 6) is 0. The summed E-state index contributed by atoms with van der Waals surface area (Å²) in [5, 5.41) is 5.68. The van der Waals surface area contributed by atoms with E-state index >= 15 is 0 Å². The van der Waals surface area contributed by atoms with E-state index in [-0.39, 0.29) is 40.7 Å². The van der Waals surface area contributed by atoms with Crippen LogP contribution in [-0.4, -0.2) is 0 Å². The molecule has 0 fully saturated rings. The van der Waals surface area contributed by atoms with Gasteiger partial charge < -0.3 is 9.41 Å². The Hall–Kier alpha value is -1.31. The van der Waals surface area contributed by atoms with E-state index in [2.05, 4.69) is 108 Å². The van der Waals surface area contributed by atoms with Crippen molar-refractivity contribution in [1.29, 1.82) is 0 Å². The first-order valence-corrected chi connectivity index (χ1v) is 10.6. The summed E-state index contributed by atoms with van der Waals surface area (Å²) in [6.07, 6.45) is 3.44. The second-order valence-corrected chi connectivity index (χ2v) is 9.23. The predicted octanol–water partition coefficient (Wildman–Crippen LogP) is 0.614. The van der Waals surface area contributed by atoms with Crippen LogP contribution in [0.2, 0.25) is 0 Å². The molecule has 0 bridgehead atoms. The molecule has 0 spiro atoms. The Bertz CT molecular complexity index is 1010. The second kappa shape index (κ2) is 11.9. The van der Waals surface area contributed by atoms with Crippen LogP contribution in [0.25, 0.3) is 10.8 Å². The van der Waals surface area contributed by atoms with Gasteiger partial charge in [0, 0.05) is 0 Å². The monoisotopic (exact) mass is 590 g/mol. The number of fused-ring (bicyclic) bond motifs is 1. The molecule has 3 aromatic carbocycles. The third kappa shape index (κ3) is 6.34. The molecule has 0 N–H and O–H groups in total. The fraction of sp³-hybridized carbons (Fsp3) is 0.269. The third-order valence-corrected chi connectivity index (χ3v) is 7.14. The number of allylic oxidation sites excluding steroid dienone is 4. The fourth-order valence-electron chi connectivity index (χ4n) is 3.61. The van der Waals surface area contributed by atoms with Gasteiger partial charge in [0.25, 0.3) is 0 Å². The SMILES string of the molecule is CC1=[C-]C(C)(C)C(C)=C1C.Cc1[cH-]c2ccccc2c1Pc1ccccc1.[F-].[F-].[Hf+4]. The van der Waals surface area contributed by atoms with Crippen molar-refractivity contribution in [3.05, 3.63) is 89.0 Å². The molecule has 0 aliphatic heterocycles. The van der Waals surface area contributed by atoms with Crippen molar-refractivity contribution in [2.75, 3.05) is 0 Å². The first kappa shape index (κ1) is 28.7. The van der Waals surface area contributed by atoms with Gasteiger partial charge in [0.05, 0.1) is 0 Å². The summed E-state index contributed by atoms with van der Waals surface area (Å²) in [6.45, 7) is 13.1. The van der Waals surface area contributed by atoms with Crippen LogP contribution < -0.4 is 20.0 Å². The predicted molar refractivity (Wildman–Crippen MR) is 123 cm³/mol. The molecular formula is C26H29F2HfP. The molecule has 0 heterocycles. The minimum atomic E-state index is 0. The van der Waals surface area contributed by atoms with E-state index in [0.717, 1.165) is 8.58 Å². The van der Waals surface area contributed by atoms with Crippen molar-refractivity contribution >= 4 is 30.0 Å². The van der Waals surface area contributed by atoms with Crippen LogP contribution in [0.3, 0.4) is 0 Å². The van der Waals surface area contributed by atoms with Gasteiger partial charge in [0.15, 0.2) is 0 Å². The molecule has 0 aromatic heterocycles. The number of hydrogen-bond acceptors (Lipinski definition) is 0. The third-order valence-electron chi connectivity index (χ3n) is 5.60. The van der Waals surface area contributed by atoms with Crippen LogP contribution in [0, 0.1) is 18.4 Å². The first-order valence-electron chi connectivity index (χ1n) is 9.57. The van der Waals surface area contributed by atoms with Gasteiger partial charge in [-0.25, -0.2) is 5.57 Å². The number of benzene rings is 2. The molecular weight excluding hydrogens is 560 g/mol. The second-order valence-electron chi connectivity index (χ2n) is 7.91. The Morgan fingerprint density at radius 2 is 1.40 bits per heavy atom.